The van der Waals surface area contributed by atoms with Gasteiger partial charge in [-0.25, -0.2) is 0 Å². The highest BCUT2D eigenvalue weighted by Crippen LogP contribution is 2.73. The van der Waals surface area contributed by atoms with E-state index in [2.05, 4.69) is 19.9 Å². The second kappa shape index (κ2) is 5.39. The Morgan fingerprint density at radius 3 is 2.92 bits per heavy atom. The zero-order valence-electron chi connectivity index (χ0n) is 16.5. The number of furan rings is 1. The van der Waals surface area contributed by atoms with E-state index in [1.807, 2.05) is 6.26 Å². The van der Waals surface area contributed by atoms with Gasteiger partial charge in [-0.3, -0.25) is 4.79 Å². The van der Waals surface area contributed by atoms with Crippen molar-refractivity contribution in [1.29, 1.82) is 0 Å². The van der Waals surface area contributed by atoms with E-state index in [4.69, 9.17) is 9.15 Å². The molecule has 1 aromatic rings. The maximum absolute atomic E-state index is 11.4. The molecule has 4 aliphatic rings. The molecule has 3 heteroatoms. The third-order valence-corrected chi connectivity index (χ3v) is 9.11. The van der Waals surface area contributed by atoms with Crippen molar-refractivity contribution >= 4 is 5.97 Å². The molecule has 142 valence electrons. The van der Waals surface area contributed by atoms with Gasteiger partial charge in [0.1, 0.15) is 5.76 Å². The highest BCUT2D eigenvalue weighted by atomic mass is 16.5. The van der Waals surface area contributed by atoms with Gasteiger partial charge in [-0.15, -0.1) is 0 Å². The summed E-state index contributed by atoms with van der Waals surface area (Å²) in [7, 11) is 0. The number of aryl methyl sites for hydroxylation is 1. The fraction of sp³-hybridized carbons (Fsp3) is 0.783. The van der Waals surface area contributed by atoms with Crippen molar-refractivity contribution in [1.82, 2.24) is 0 Å². The molecule has 3 saturated carbocycles. The molecular formula is C23H32O3. The second-order valence-corrected chi connectivity index (χ2v) is 10.4. The minimum atomic E-state index is -0.128. The van der Waals surface area contributed by atoms with Crippen LogP contribution in [0.1, 0.15) is 83.0 Å². The van der Waals surface area contributed by atoms with Crippen LogP contribution in [0.15, 0.2) is 16.7 Å². The van der Waals surface area contributed by atoms with Crippen molar-refractivity contribution in [2.24, 2.45) is 28.1 Å². The number of esters is 1. The van der Waals surface area contributed by atoms with Crippen LogP contribution in [0.3, 0.4) is 0 Å². The summed E-state index contributed by atoms with van der Waals surface area (Å²) >= 11 is 0. The van der Waals surface area contributed by atoms with E-state index in [1.54, 1.807) is 6.92 Å². The van der Waals surface area contributed by atoms with E-state index < -0.39 is 0 Å². The molecule has 6 atom stereocenters. The molecule has 1 heterocycles. The molecule has 0 aromatic carbocycles. The minimum Gasteiger partial charge on any atom is -0.469 e. The van der Waals surface area contributed by atoms with E-state index in [0.29, 0.717) is 23.4 Å². The standard InChI is InChI=1S/C23H32O3/c1-15(24)26-14-21(2)13-23-10-6-18-17-8-11-25-19(17)7-9-22(18,3)20(23)5-4-16(21)12-23/h8,11,16,18,20H,4-7,9-10,12-14H2,1-3H3/t16-,18?,20?,21+,22+,23-/m0/s1. The third-order valence-electron chi connectivity index (χ3n) is 9.11. The van der Waals surface area contributed by atoms with E-state index in [0.717, 1.165) is 18.3 Å². The first-order valence-corrected chi connectivity index (χ1v) is 10.6. The quantitative estimate of drug-likeness (QED) is 0.658. The van der Waals surface area contributed by atoms with Crippen molar-refractivity contribution in [3.05, 3.63) is 23.7 Å². The van der Waals surface area contributed by atoms with E-state index >= 15 is 0 Å². The first-order valence-electron chi connectivity index (χ1n) is 10.6. The lowest BCUT2D eigenvalue weighted by molar-refractivity contribution is -0.145. The molecule has 2 bridgehead atoms. The highest BCUT2D eigenvalue weighted by molar-refractivity contribution is 5.65. The molecule has 5 rings (SSSR count). The Morgan fingerprint density at radius 1 is 1.27 bits per heavy atom. The van der Waals surface area contributed by atoms with Crippen LogP contribution < -0.4 is 0 Å². The monoisotopic (exact) mass is 356 g/mol. The van der Waals surface area contributed by atoms with Crippen LogP contribution in [-0.4, -0.2) is 12.6 Å². The Hall–Kier alpha value is -1.25. The summed E-state index contributed by atoms with van der Waals surface area (Å²) in [5, 5.41) is 0. The first kappa shape index (κ1) is 16.9. The maximum Gasteiger partial charge on any atom is 0.302 e. The molecule has 4 aliphatic carbocycles. The SMILES string of the molecule is CC(=O)OC[C@@]1(C)C[C@@]23CCC4c5ccoc5CC[C@@]4(C)C2CC[C@H]1C3. The molecule has 1 spiro atoms. The van der Waals surface area contributed by atoms with Crippen LogP contribution in [0.4, 0.5) is 0 Å². The van der Waals surface area contributed by atoms with E-state index in [9.17, 15) is 4.79 Å². The number of hydrogen-bond donors (Lipinski definition) is 0. The predicted octanol–water partition coefficient (Wildman–Crippen LogP) is 5.49. The summed E-state index contributed by atoms with van der Waals surface area (Å²) in [6.45, 7) is 7.14. The zero-order chi connectivity index (χ0) is 18.2. The summed E-state index contributed by atoms with van der Waals surface area (Å²) in [6.07, 6.45) is 12.2. The highest BCUT2D eigenvalue weighted by Gasteiger charge is 2.65. The molecule has 1 aromatic heterocycles. The van der Waals surface area contributed by atoms with Crippen LogP contribution in [0.5, 0.6) is 0 Å². The average Bonchev–Trinajstić information content (AvgIpc) is 3.14. The largest absolute Gasteiger partial charge is 0.469 e. The molecule has 3 fully saturated rings. The third kappa shape index (κ3) is 2.15. The normalized spacial score (nSPS) is 46.2. The molecule has 0 saturated heterocycles. The average molecular weight is 357 g/mol. The number of hydrogen-bond acceptors (Lipinski definition) is 3. The summed E-state index contributed by atoms with van der Waals surface area (Å²) in [5.41, 5.74) is 2.58. The number of fused-ring (bicyclic) bond motifs is 5. The molecule has 3 nitrogen and oxygen atoms in total. The van der Waals surface area contributed by atoms with Gasteiger partial charge in [0.05, 0.1) is 12.9 Å². The maximum atomic E-state index is 11.4. The topological polar surface area (TPSA) is 39.4 Å². The molecule has 0 radical (unpaired) electrons. The first-order chi connectivity index (χ1) is 12.4. The fourth-order valence-electron chi connectivity index (χ4n) is 8.09. The minimum absolute atomic E-state index is 0.128. The predicted molar refractivity (Wildman–Crippen MR) is 99.7 cm³/mol. The lowest BCUT2D eigenvalue weighted by Crippen LogP contribution is -2.50. The van der Waals surface area contributed by atoms with Crippen molar-refractivity contribution in [2.45, 2.75) is 78.1 Å². The van der Waals surface area contributed by atoms with Gasteiger partial charge in [-0.1, -0.05) is 13.8 Å². The van der Waals surface area contributed by atoms with Crippen molar-refractivity contribution in [3.63, 3.8) is 0 Å². The summed E-state index contributed by atoms with van der Waals surface area (Å²) in [5.74, 6) is 3.34. The van der Waals surface area contributed by atoms with Crippen molar-refractivity contribution < 1.29 is 13.9 Å². The van der Waals surface area contributed by atoms with Crippen LogP contribution in [0.25, 0.3) is 0 Å². The number of ether oxygens (including phenoxy) is 1. The molecule has 0 N–H and O–H groups in total. The fourth-order valence-corrected chi connectivity index (χ4v) is 8.09. The Morgan fingerprint density at radius 2 is 2.12 bits per heavy atom. The Labute approximate surface area is 156 Å². The van der Waals surface area contributed by atoms with Crippen molar-refractivity contribution in [2.75, 3.05) is 6.61 Å². The molecule has 0 amide bonds. The molecule has 2 unspecified atom stereocenters. The molecular weight excluding hydrogens is 324 g/mol. The Kier molecular flexibility index (Phi) is 3.50. The number of rotatable bonds is 2. The van der Waals surface area contributed by atoms with E-state index in [1.165, 1.54) is 56.3 Å². The van der Waals surface area contributed by atoms with Gasteiger partial charge in [0.15, 0.2) is 0 Å². The second-order valence-electron chi connectivity index (χ2n) is 10.4. The van der Waals surface area contributed by atoms with Gasteiger partial charge in [-0.05, 0) is 85.2 Å². The van der Waals surface area contributed by atoms with Gasteiger partial charge in [0.25, 0.3) is 0 Å². The zero-order valence-corrected chi connectivity index (χ0v) is 16.5. The van der Waals surface area contributed by atoms with Gasteiger partial charge in [0, 0.05) is 18.8 Å². The smallest absolute Gasteiger partial charge is 0.302 e. The summed E-state index contributed by atoms with van der Waals surface area (Å²) in [6, 6.07) is 2.25. The van der Waals surface area contributed by atoms with Gasteiger partial charge >= 0.3 is 5.97 Å². The van der Waals surface area contributed by atoms with Crippen LogP contribution in [0, 0.1) is 28.1 Å². The van der Waals surface area contributed by atoms with Crippen LogP contribution in [-0.2, 0) is 16.0 Å². The molecule has 26 heavy (non-hydrogen) atoms. The van der Waals surface area contributed by atoms with Crippen LogP contribution >= 0.6 is 0 Å². The van der Waals surface area contributed by atoms with Gasteiger partial charge < -0.3 is 9.15 Å². The van der Waals surface area contributed by atoms with Gasteiger partial charge in [0.2, 0.25) is 0 Å². The molecule has 0 aliphatic heterocycles. The number of carbonyl (C=O) groups is 1. The Bertz CT molecular complexity index is 736. The summed E-state index contributed by atoms with van der Waals surface area (Å²) in [4.78, 5) is 11.4. The summed E-state index contributed by atoms with van der Waals surface area (Å²) < 4.78 is 11.3. The lowest BCUT2D eigenvalue weighted by Gasteiger charge is -2.59. The van der Waals surface area contributed by atoms with Gasteiger partial charge in [-0.2, -0.15) is 0 Å². The van der Waals surface area contributed by atoms with Crippen LogP contribution in [0.2, 0.25) is 0 Å². The van der Waals surface area contributed by atoms with E-state index in [-0.39, 0.29) is 11.4 Å². The number of carbonyl (C=O) groups excluding carboxylic acids is 1. The Balaban J connectivity index is 1.47. The lowest BCUT2D eigenvalue weighted by atomic mass is 9.45. The van der Waals surface area contributed by atoms with Crippen molar-refractivity contribution in [3.8, 4) is 0 Å².